The first-order valence-corrected chi connectivity index (χ1v) is 5.39. The summed E-state index contributed by atoms with van der Waals surface area (Å²) in [4.78, 5) is 14.5. The van der Waals surface area contributed by atoms with Crippen LogP contribution in [0.3, 0.4) is 0 Å². The summed E-state index contributed by atoms with van der Waals surface area (Å²) in [5, 5.41) is 8.71. The lowest BCUT2D eigenvalue weighted by molar-refractivity contribution is 0.0690. The number of hydrogen-bond donors (Lipinski definition) is 1. The molecule has 1 N–H and O–H groups in total. The lowest BCUT2D eigenvalue weighted by atomic mass is 10.0. The second-order valence-corrected chi connectivity index (χ2v) is 3.86. The van der Waals surface area contributed by atoms with Gasteiger partial charge in [-0.1, -0.05) is 24.3 Å². The average Bonchev–Trinajstić information content (AvgIpc) is 2.77. The molecule has 0 unspecified atom stereocenters. The van der Waals surface area contributed by atoms with E-state index < -0.39 is 5.97 Å². The first-order valence-electron chi connectivity index (χ1n) is 5.39. The molecular weight excluding hydrogens is 218 g/mol. The van der Waals surface area contributed by atoms with Gasteiger partial charge in [-0.2, -0.15) is 0 Å². The SMILES string of the molecule is Cc1ccccc1CCc1nc(C(=O)O)co1. The minimum absolute atomic E-state index is 0.0372. The Hall–Kier alpha value is -2.10. The second kappa shape index (κ2) is 4.82. The normalized spacial score (nSPS) is 10.4. The zero-order valence-corrected chi connectivity index (χ0v) is 9.51. The van der Waals surface area contributed by atoms with E-state index in [1.165, 1.54) is 17.4 Å². The predicted molar refractivity (Wildman–Crippen MR) is 62.0 cm³/mol. The standard InChI is InChI=1S/C13H13NO3/c1-9-4-2-3-5-10(9)6-7-12-14-11(8-17-12)13(15)16/h2-5,8H,6-7H2,1H3,(H,15,16). The van der Waals surface area contributed by atoms with Crippen molar-refractivity contribution in [3.05, 3.63) is 53.2 Å². The van der Waals surface area contributed by atoms with Gasteiger partial charge in [0, 0.05) is 6.42 Å². The van der Waals surface area contributed by atoms with Crippen molar-refractivity contribution in [1.82, 2.24) is 4.98 Å². The molecule has 0 aliphatic carbocycles. The fraction of sp³-hybridized carbons (Fsp3) is 0.231. The van der Waals surface area contributed by atoms with Crippen LogP contribution in [0.2, 0.25) is 0 Å². The van der Waals surface area contributed by atoms with Crippen LogP contribution in [0.5, 0.6) is 0 Å². The molecule has 0 aliphatic heterocycles. The van der Waals surface area contributed by atoms with E-state index in [0.717, 1.165) is 6.42 Å². The maximum absolute atomic E-state index is 10.6. The van der Waals surface area contributed by atoms with E-state index in [0.29, 0.717) is 12.3 Å². The molecule has 4 nitrogen and oxygen atoms in total. The Bertz CT molecular complexity index is 531. The zero-order chi connectivity index (χ0) is 12.3. The molecule has 1 aromatic carbocycles. The van der Waals surface area contributed by atoms with E-state index in [9.17, 15) is 4.79 Å². The maximum atomic E-state index is 10.6. The Morgan fingerprint density at radius 1 is 1.35 bits per heavy atom. The number of carbonyl (C=O) groups is 1. The van der Waals surface area contributed by atoms with Crippen LogP contribution in [0.25, 0.3) is 0 Å². The molecule has 0 saturated carbocycles. The third-order valence-electron chi connectivity index (χ3n) is 2.64. The first-order chi connectivity index (χ1) is 8.16. The van der Waals surface area contributed by atoms with Crippen molar-refractivity contribution >= 4 is 5.97 Å². The zero-order valence-electron chi connectivity index (χ0n) is 9.51. The number of carboxylic acids is 1. The third-order valence-corrected chi connectivity index (χ3v) is 2.64. The molecule has 4 heteroatoms. The summed E-state index contributed by atoms with van der Waals surface area (Å²) in [6.45, 7) is 2.05. The number of oxazole rings is 1. The molecule has 0 atom stereocenters. The highest BCUT2D eigenvalue weighted by Crippen LogP contribution is 2.11. The van der Waals surface area contributed by atoms with Crippen LogP contribution in [0.1, 0.15) is 27.5 Å². The summed E-state index contributed by atoms with van der Waals surface area (Å²) in [6.07, 6.45) is 2.58. The van der Waals surface area contributed by atoms with E-state index in [2.05, 4.69) is 11.1 Å². The fourth-order valence-electron chi connectivity index (χ4n) is 1.66. The van der Waals surface area contributed by atoms with Gasteiger partial charge in [-0.05, 0) is 24.5 Å². The minimum Gasteiger partial charge on any atom is -0.476 e. The Morgan fingerprint density at radius 3 is 2.76 bits per heavy atom. The summed E-state index contributed by atoms with van der Waals surface area (Å²) in [7, 11) is 0. The van der Waals surface area contributed by atoms with E-state index >= 15 is 0 Å². The minimum atomic E-state index is -1.06. The van der Waals surface area contributed by atoms with Crippen LogP contribution in [-0.4, -0.2) is 16.1 Å². The molecule has 1 heterocycles. The van der Waals surface area contributed by atoms with E-state index in [-0.39, 0.29) is 5.69 Å². The van der Waals surface area contributed by atoms with Gasteiger partial charge in [-0.15, -0.1) is 0 Å². The van der Waals surface area contributed by atoms with Gasteiger partial charge in [0.05, 0.1) is 0 Å². The van der Waals surface area contributed by atoms with Crippen LogP contribution >= 0.6 is 0 Å². The van der Waals surface area contributed by atoms with Gasteiger partial charge in [-0.25, -0.2) is 9.78 Å². The molecule has 17 heavy (non-hydrogen) atoms. The molecule has 1 aromatic heterocycles. The van der Waals surface area contributed by atoms with Crippen LogP contribution in [-0.2, 0) is 12.8 Å². The Labute approximate surface area is 98.9 Å². The van der Waals surface area contributed by atoms with Crippen molar-refractivity contribution < 1.29 is 14.3 Å². The summed E-state index contributed by atoms with van der Waals surface area (Å²) in [5.74, 6) is -0.596. The summed E-state index contributed by atoms with van der Waals surface area (Å²) >= 11 is 0. The molecule has 0 radical (unpaired) electrons. The molecule has 2 aromatic rings. The largest absolute Gasteiger partial charge is 0.476 e. The number of hydrogen-bond acceptors (Lipinski definition) is 3. The first kappa shape index (κ1) is 11.4. The number of carboxylic acid groups (broad SMARTS) is 1. The topological polar surface area (TPSA) is 63.3 Å². The van der Waals surface area contributed by atoms with E-state index in [1.54, 1.807) is 0 Å². The van der Waals surface area contributed by atoms with Crippen molar-refractivity contribution in [1.29, 1.82) is 0 Å². The Morgan fingerprint density at radius 2 is 2.12 bits per heavy atom. The molecule has 0 spiro atoms. The number of aromatic nitrogens is 1. The molecule has 0 bridgehead atoms. The van der Waals surface area contributed by atoms with E-state index in [4.69, 9.17) is 9.52 Å². The van der Waals surface area contributed by atoms with Gasteiger partial charge in [0.1, 0.15) is 6.26 Å². The Kier molecular flexibility index (Phi) is 3.23. The molecule has 0 amide bonds. The van der Waals surface area contributed by atoms with Crippen molar-refractivity contribution in [3.63, 3.8) is 0 Å². The van der Waals surface area contributed by atoms with Gasteiger partial charge in [-0.3, -0.25) is 0 Å². The van der Waals surface area contributed by atoms with Crippen LogP contribution in [0.15, 0.2) is 34.9 Å². The molecule has 0 aliphatic rings. The van der Waals surface area contributed by atoms with Crippen molar-refractivity contribution in [3.8, 4) is 0 Å². The lowest BCUT2D eigenvalue weighted by Gasteiger charge is -2.02. The fourth-order valence-corrected chi connectivity index (χ4v) is 1.66. The highest BCUT2D eigenvalue weighted by molar-refractivity contribution is 5.84. The number of benzene rings is 1. The molecule has 2 rings (SSSR count). The van der Waals surface area contributed by atoms with Gasteiger partial charge < -0.3 is 9.52 Å². The third kappa shape index (κ3) is 2.72. The number of rotatable bonds is 4. The maximum Gasteiger partial charge on any atom is 0.357 e. The number of aromatic carboxylic acids is 1. The number of nitrogens with zero attached hydrogens (tertiary/aromatic N) is 1. The quantitative estimate of drug-likeness (QED) is 0.877. The van der Waals surface area contributed by atoms with Crippen LogP contribution in [0.4, 0.5) is 0 Å². The molecule has 88 valence electrons. The molecule has 0 fully saturated rings. The van der Waals surface area contributed by atoms with Crippen molar-refractivity contribution in [2.45, 2.75) is 19.8 Å². The molecule has 0 saturated heterocycles. The van der Waals surface area contributed by atoms with Crippen molar-refractivity contribution in [2.24, 2.45) is 0 Å². The van der Waals surface area contributed by atoms with Crippen LogP contribution < -0.4 is 0 Å². The van der Waals surface area contributed by atoms with Gasteiger partial charge in [0.25, 0.3) is 0 Å². The highest BCUT2D eigenvalue weighted by Gasteiger charge is 2.10. The summed E-state index contributed by atoms with van der Waals surface area (Å²) in [6, 6.07) is 8.08. The Balaban J connectivity index is 2.02. The number of aryl methyl sites for hydroxylation is 3. The monoisotopic (exact) mass is 231 g/mol. The molecular formula is C13H13NO3. The smallest absolute Gasteiger partial charge is 0.357 e. The van der Waals surface area contributed by atoms with Gasteiger partial charge in [0.2, 0.25) is 0 Å². The summed E-state index contributed by atoms with van der Waals surface area (Å²) < 4.78 is 5.10. The second-order valence-electron chi connectivity index (χ2n) is 3.86. The van der Waals surface area contributed by atoms with Crippen LogP contribution in [0, 0.1) is 6.92 Å². The van der Waals surface area contributed by atoms with Gasteiger partial charge in [0.15, 0.2) is 11.6 Å². The predicted octanol–water partition coefficient (Wildman–Crippen LogP) is 2.47. The van der Waals surface area contributed by atoms with Gasteiger partial charge >= 0.3 is 5.97 Å². The average molecular weight is 231 g/mol. The highest BCUT2D eigenvalue weighted by atomic mass is 16.4. The van der Waals surface area contributed by atoms with E-state index in [1.807, 2.05) is 25.1 Å². The van der Waals surface area contributed by atoms with Crippen molar-refractivity contribution in [2.75, 3.05) is 0 Å². The lowest BCUT2D eigenvalue weighted by Crippen LogP contribution is -1.98. The summed E-state index contributed by atoms with van der Waals surface area (Å²) in [5.41, 5.74) is 2.41.